The average molecular weight is 303 g/mol. The number of carboxylic acids is 1. The lowest BCUT2D eigenvalue weighted by Gasteiger charge is -2.29. The van der Waals surface area contributed by atoms with Crippen LogP contribution in [0.3, 0.4) is 0 Å². The second-order valence-corrected chi connectivity index (χ2v) is 5.61. The minimum atomic E-state index is -1.18. The number of rotatable bonds is 6. The van der Waals surface area contributed by atoms with Gasteiger partial charge in [0, 0.05) is 6.42 Å². The van der Waals surface area contributed by atoms with E-state index in [1.54, 1.807) is 0 Å². The van der Waals surface area contributed by atoms with Crippen LogP contribution in [0, 0.1) is 17.2 Å². The van der Waals surface area contributed by atoms with Gasteiger partial charge in [0.2, 0.25) is 5.28 Å². The van der Waals surface area contributed by atoms with Gasteiger partial charge in [-0.1, -0.05) is 0 Å². The van der Waals surface area contributed by atoms with E-state index in [1.165, 1.54) is 20.8 Å². The summed E-state index contributed by atoms with van der Waals surface area (Å²) >= 11 is 5.61. The molecule has 0 fully saturated rings. The molecule has 0 radical (unpaired) electrons. The molecule has 5 nitrogen and oxygen atoms in total. The fraction of sp³-hybridized carbons (Fsp3) is 0.538. The minimum Gasteiger partial charge on any atom is -0.481 e. The quantitative estimate of drug-likeness (QED) is 0.817. The summed E-state index contributed by atoms with van der Waals surface area (Å²) in [6, 6.07) is 0. The van der Waals surface area contributed by atoms with Crippen molar-refractivity contribution in [3.63, 3.8) is 0 Å². The van der Waals surface area contributed by atoms with Gasteiger partial charge in [-0.3, -0.25) is 4.79 Å². The van der Waals surface area contributed by atoms with Crippen molar-refractivity contribution < 1.29 is 19.1 Å². The number of aromatic nitrogens is 2. The van der Waals surface area contributed by atoms with Gasteiger partial charge in [0.1, 0.15) is 5.78 Å². The minimum absolute atomic E-state index is 0.00690. The van der Waals surface area contributed by atoms with Crippen molar-refractivity contribution in [1.29, 1.82) is 0 Å². The summed E-state index contributed by atoms with van der Waals surface area (Å²) in [5.41, 5.74) is -1.17. The molecule has 0 amide bonds. The molecule has 1 N–H and O–H groups in total. The van der Waals surface area contributed by atoms with E-state index in [1.807, 2.05) is 0 Å². The summed E-state index contributed by atoms with van der Waals surface area (Å²) in [5, 5.41) is 9.15. The van der Waals surface area contributed by atoms with Crippen LogP contribution >= 0.6 is 11.6 Å². The first-order chi connectivity index (χ1) is 9.14. The molecule has 7 heteroatoms. The molecular weight excluding hydrogens is 287 g/mol. The second kappa shape index (κ2) is 6.26. The van der Waals surface area contributed by atoms with Crippen LogP contribution in [0.4, 0.5) is 4.39 Å². The summed E-state index contributed by atoms with van der Waals surface area (Å²) in [6.07, 6.45) is 0.969. The maximum absolute atomic E-state index is 13.6. The highest BCUT2D eigenvalue weighted by Crippen LogP contribution is 2.33. The smallest absolute Gasteiger partial charge is 0.309 e. The molecule has 0 aromatic carbocycles. The molecule has 1 rings (SSSR count). The molecule has 0 aliphatic carbocycles. The summed E-state index contributed by atoms with van der Waals surface area (Å²) < 4.78 is 13.6. The lowest BCUT2D eigenvalue weighted by molar-refractivity contribution is -0.150. The molecule has 0 aliphatic heterocycles. The first kappa shape index (κ1) is 16.5. The van der Waals surface area contributed by atoms with Gasteiger partial charge in [0.05, 0.1) is 17.3 Å². The Morgan fingerprint density at radius 1 is 1.50 bits per heavy atom. The molecule has 0 bridgehead atoms. The van der Waals surface area contributed by atoms with Crippen LogP contribution in [0.1, 0.15) is 32.9 Å². The molecule has 1 unspecified atom stereocenters. The van der Waals surface area contributed by atoms with E-state index in [4.69, 9.17) is 11.6 Å². The number of carboxylic acid groups (broad SMARTS) is 1. The molecule has 1 atom stereocenters. The topological polar surface area (TPSA) is 80.2 Å². The second-order valence-electron chi connectivity index (χ2n) is 5.27. The molecule has 110 valence electrons. The zero-order valence-electron chi connectivity index (χ0n) is 11.5. The van der Waals surface area contributed by atoms with Crippen molar-refractivity contribution in [1.82, 2.24) is 9.97 Å². The predicted molar refractivity (Wildman–Crippen MR) is 70.9 cm³/mol. The number of Topliss-reactive ketones (excluding diaryl/α,β-unsaturated/α-hetero) is 1. The van der Waals surface area contributed by atoms with Crippen LogP contribution in [-0.2, 0) is 16.0 Å². The number of carbonyl (C=O) groups excluding carboxylic acids is 1. The third kappa shape index (κ3) is 3.96. The zero-order valence-corrected chi connectivity index (χ0v) is 12.2. The molecule has 0 saturated heterocycles. The van der Waals surface area contributed by atoms with E-state index in [0.717, 1.165) is 6.20 Å². The number of nitrogens with zero attached hydrogens (tertiary/aromatic N) is 2. The van der Waals surface area contributed by atoms with E-state index in [0.29, 0.717) is 0 Å². The van der Waals surface area contributed by atoms with Gasteiger partial charge in [-0.05, 0) is 44.7 Å². The SMILES string of the molecule is CC(=O)CC(Cc1nc(Cl)ncc1F)C(C)(C)C(=O)O. The van der Waals surface area contributed by atoms with Gasteiger partial charge in [0.15, 0.2) is 5.82 Å². The molecule has 1 aromatic rings. The van der Waals surface area contributed by atoms with Crippen LogP contribution < -0.4 is 0 Å². The number of halogens is 2. The Kier molecular flexibility index (Phi) is 5.16. The Morgan fingerprint density at radius 3 is 2.60 bits per heavy atom. The fourth-order valence-electron chi connectivity index (χ4n) is 1.86. The molecule has 1 aromatic heterocycles. The number of ketones is 1. The number of aliphatic carboxylic acids is 1. The van der Waals surface area contributed by atoms with Gasteiger partial charge in [-0.25, -0.2) is 14.4 Å². The lowest BCUT2D eigenvalue weighted by Crippen LogP contribution is -2.35. The monoisotopic (exact) mass is 302 g/mol. The van der Waals surface area contributed by atoms with Crippen LogP contribution in [0.15, 0.2) is 6.20 Å². The van der Waals surface area contributed by atoms with Crippen molar-refractivity contribution in [2.75, 3.05) is 0 Å². The van der Waals surface area contributed by atoms with Gasteiger partial charge < -0.3 is 9.90 Å². The Balaban J connectivity index is 3.10. The van der Waals surface area contributed by atoms with Gasteiger partial charge in [-0.2, -0.15) is 0 Å². The van der Waals surface area contributed by atoms with Crippen molar-refractivity contribution in [3.8, 4) is 0 Å². The number of hydrogen-bond donors (Lipinski definition) is 1. The highest BCUT2D eigenvalue weighted by molar-refractivity contribution is 6.28. The van der Waals surface area contributed by atoms with Gasteiger partial charge >= 0.3 is 5.97 Å². The molecule has 0 saturated carbocycles. The number of hydrogen-bond acceptors (Lipinski definition) is 4. The van der Waals surface area contributed by atoms with Crippen LogP contribution in [0.2, 0.25) is 5.28 Å². The van der Waals surface area contributed by atoms with Crippen molar-refractivity contribution >= 4 is 23.4 Å². The van der Waals surface area contributed by atoms with E-state index in [9.17, 15) is 19.1 Å². The lowest BCUT2D eigenvalue weighted by atomic mass is 9.74. The first-order valence-electron chi connectivity index (χ1n) is 6.04. The molecular formula is C13H16ClFN2O3. The standard InChI is InChI=1S/C13H16ClFN2O3/c1-7(18)4-8(13(2,3)11(19)20)5-10-9(15)6-16-12(14)17-10/h6,8H,4-5H2,1-3H3,(H,19,20). The fourth-order valence-corrected chi connectivity index (χ4v) is 2.01. The Hall–Kier alpha value is -1.56. The maximum Gasteiger partial charge on any atom is 0.309 e. The zero-order chi connectivity index (χ0) is 15.5. The highest BCUT2D eigenvalue weighted by Gasteiger charge is 2.38. The third-order valence-corrected chi connectivity index (χ3v) is 3.51. The first-order valence-corrected chi connectivity index (χ1v) is 6.42. The number of carbonyl (C=O) groups is 2. The van der Waals surface area contributed by atoms with Crippen LogP contribution in [0.5, 0.6) is 0 Å². The van der Waals surface area contributed by atoms with Gasteiger partial charge in [-0.15, -0.1) is 0 Å². The summed E-state index contributed by atoms with van der Waals surface area (Å²) in [7, 11) is 0. The van der Waals surface area contributed by atoms with Gasteiger partial charge in [0.25, 0.3) is 0 Å². The van der Waals surface area contributed by atoms with Crippen LogP contribution in [-0.4, -0.2) is 26.8 Å². The Labute approximate surface area is 121 Å². The van der Waals surface area contributed by atoms with E-state index < -0.39 is 23.1 Å². The molecule has 20 heavy (non-hydrogen) atoms. The normalized spacial score (nSPS) is 13.1. The largest absolute Gasteiger partial charge is 0.481 e. The molecule has 0 aliphatic rings. The third-order valence-electron chi connectivity index (χ3n) is 3.33. The van der Waals surface area contributed by atoms with E-state index >= 15 is 0 Å². The van der Waals surface area contributed by atoms with E-state index in [-0.39, 0.29) is 29.6 Å². The van der Waals surface area contributed by atoms with Crippen molar-refractivity contribution in [2.45, 2.75) is 33.6 Å². The Morgan fingerprint density at radius 2 is 2.10 bits per heavy atom. The predicted octanol–water partition coefficient (Wildman–Crippen LogP) is 2.52. The maximum atomic E-state index is 13.6. The van der Waals surface area contributed by atoms with E-state index in [2.05, 4.69) is 9.97 Å². The highest BCUT2D eigenvalue weighted by atomic mass is 35.5. The Bertz CT molecular complexity index is 534. The average Bonchev–Trinajstić information content (AvgIpc) is 2.32. The van der Waals surface area contributed by atoms with Crippen molar-refractivity contribution in [3.05, 3.63) is 23.0 Å². The molecule has 1 heterocycles. The molecule has 0 spiro atoms. The van der Waals surface area contributed by atoms with Crippen molar-refractivity contribution in [2.24, 2.45) is 11.3 Å². The summed E-state index contributed by atoms with van der Waals surface area (Å²) in [6.45, 7) is 4.38. The summed E-state index contributed by atoms with van der Waals surface area (Å²) in [4.78, 5) is 29.9. The summed E-state index contributed by atoms with van der Waals surface area (Å²) in [5.74, 6) is -2.46. The van der Waals surface area contributed by atoms with Crippen LogP contribution in [0.25, 0.3) is 0 Å².